The number of hydrogen-bond acceptors (Lipinski definition) is 1. The Morgan fingerprint density at radius 3 is 1.85 bits per heavy atom. The molecule has 0 aromatic heterocycles. The molecule has 7 heteroatoms. The van der Waals surface area contributed by atoms with Gasteiger partial charge in [-0.1, -0.05) is 30.3 Å². The van der Waals surface area contributed by atoms with Crippen molar-refractivity contribution in [2.24, 2.45) is 5.92 Å². The van der Waals surface area contributed by atoms with Crippen LogP contribution in [0, 0.1) is 5.92 Å². The molecule has 0 heterocycles. The molecule has 1 atom stereocenters. The van der Waals surface area contributed by atoms with E-state index in [4.69, 9.17) is 0 Å². The molecule has 0 aliphatic heterocycles. The van der Waals surface area contributed by atoms with Crippen LogP contribution in [0.3, 0.4) is 0 Å². The lowest BCUT2D eigenvalue weighted by Crippen LogP contribution is -2.50. The molecule has 1 aromatic rings. The second-order valence-electron chi connectivity index (χ2n) is 4.48. The third kappa shape index (κ3) is 4.70. The summed E-state index contributed by atoms with van der Waals surface area (Å²) in [6.07, 6.45) is -10.7. The Hall–Kier alpha value is -1.24. The van der Waals surface area contributed by atoms with Crippen LogP contribution in [0.15, 0.2) is 30.3 Å². The Kier molecular flexibility index (Phi) is 5.44. The molecule has 0 aliphatic carbocycles. The Morgan fingerprint density at radius 1 is 0.950 bits per heavy atom. The number of aryl methyl sites for hydroxylation is 1. The maximum atomic E-state index is 12.6. The van der Waals surface area contributed by atoms with Crippen LogP contribution in [-0.4, -0.2) is 25.4 Å². The van der Waals surface area contributed by atoms with Crippen LogP contribution in [0.4, 0.5) is 26.3 Å². The molecule has 0 fully saturated rings. The highest BCUT2D eigenvalue weighted by Crippen LogP contribution is 2.42. The smallest absolute Gasteiger partial charge is 0.316 e. The van der Waals surface area contributed by atoms with Crippen LogP contribution in [0.2, 0.25) is 0 Å². The van der Waals surface area contributed by atoms with E-state index in [1.54, 1.807) is 30.3 Å². The molecule has 20 heavy (non-hydrogen) atoms. The molecular formula is C13H15F6N. The summed E-state index contributed by atoms with van der Waals surface area (Å²) in [7, 11) is 1.11. The minimum atomic E-state index is -5.32. The van der Waals surface area contributed by atoms with E-state index in [1.165, 1.54) is 0 Å². The minimum absolute atomic E-state index is 0.148. The van der Waals surface area contributed by atoms with Crippen LogP contribution in [0.25, 0.3) is 0 Å². The Morgan fingerprint density at radius 2 is 1.45 bits per heavy atom. The van der Waals surface area contributed by atoms with Gasteiger partial charge >= 0.3 is 12.4 Å². The van der Waals surface area contributed by atoms with Crippen molar-refractivity contribution in [1.29, 1.82) is 0 Å². The van der Waals surface area contributed by atoms with Gasteiger partial charge in [-0.3, -0.25) is 0 Å². The summed E-state index contributed by atoms with van der Waals surface area (Å²) in [5.74, 6) is -3.36. The van der Waals surface area contributed by atoms with Crippen molar-refractivity contribution in [1.82, 2.24) is 5.32 Å². The SMILES string of the molecule is CNC(CCc1ccccc1)C(C(F)(F)F)C(F)(F)F. The molecule has 0 aliphatic rings. The molecule has 0 bridgehead atoms. The lowest BCUT2D eigenvalue weighted by atomic mass is 9.92. The van der Waals surface area contributed by atoms with Gasteiger partial charge in [0, 0.05) is 6.04 Å². The number of alkyl halides is 6. The summed E-state index contributed by atoms with van der Waals surface area (Å²) in [5, 5.41) is 2.15. The minimum Gasteiger partial charge on any atom is -0.316 e. The van der Waals surface area contributed by atoms with E-state index in [9.17, 15) is 26.3 Å². The quantitative estimate of drug-likeness (QED) is 0.812. The van der Waals surface area contributed by atoms with Gasteiger partial charge in [-0.25, -0.2) is 0 Å². The Bertz CT molecular complexity index is 384. The van der Waals surface area contributed by atoms with E-state index < -0.39 is 24.3 Å². The normalized spacial score (nSPS) is 14.6. The standard InChI is InChI=1S/C13H15F6N/c1-20-10(8-7-9-5-3-2-4-6-9)11(12(14,15)16)13(17,18)19/h2-6,10-11,20H,7-8H2,1H3. The van der Waals surface area contributed by atoms with Gasteiger partial charge in [-0.15, -0.1) is 0 Å². The fraction of sp³-hybridized carbons (Fsp3) is 0.538. The first kappa shape index (κ1) is 16.8. The van der Waals surface area contributed by atoms with Crippen LogP contribution in [-0.2, 0) is 6.42 Å². The van der Waals surface area contributed by atoms with Crippen molar-refractivity contribution >= 4 is 0 Å². The monoisotopic (exact) mass is 299 g/mol. The third-order valence-electron chi connectivity index (χ3n) is 3.07. The molecule has 0 radical (unpaired) electrons. The zero-order chi connectivity index (χ0) is 15.4. The highest BCUT2D eigenvalue weighted by molar-refractivity contribution is 5.15. The molecule has 0 amide bonds. The predicted octanol–water partition coefficient (Wildman–Crippen LogP) is 3.95. The van der Waals surface area contributed by atoms with E-state index in [0.717, 1.165) is 7.05 Å². The van der Waals surface area contributed by atoms with Crippen molar-refractivity contribution < 1.29 is 26.3 Å². The second-order valence-corrected chi connectivity index (χ2v) is 4.48. The maximum absolute atomic E-state index is 12.6. The van der Waals surface area contributed by atoms with Crippen LogP contribution in [0.1, 0.15) is 12.0 Å². The lowest BCUT2D eigenvalue weighted by Gasteiger charge is -2.30. The predicted molar refractivity (Wildman–Crippen MR) is 63.2 cm³/mol. The number of rotatable bonds is 5. The molecule has 114 valence electrons. The van der Waals surface area contributed by atoms with E-state index in [0.29, 0.717) is 5.56 Å². The van der Waals surface area contributed by atoms with Gasteiger partial charge in [0.25, 0.3) is 0 Å². The van der Waals surface area contributed by atoms with Crippen molar-refractivity contribution in [3.8, 4) is 0 Å². The van der Waals surface area contributed by atoms with Crippen molar-refractivity contribution in [2.75, 3.05) is 7.05 Å². The molecule has 1 rings (SSSR count). The average molecular weight is 299 g/mol. The molecule has 0 saturated heterocycles. The molecule has 0 saturated carbocycles. The first-order valence-electron chi connectivity index (χ1n) is 6.01. The fourth-order valence-corrected chi connectivity index (χ4v) is 2.09. The maximum Gasteiger partial charge on any atom is 0.401 e. The van der Waals surface area contributed by atoms with Gasteiger partial charge < -0.3 is 5.32 Å². The Balaban J connectivity index is 2.82. The van der Waals surface area contributed by atoms with Crippen molar-refractivity contribution in [2.45, 2.75) is 31.2 Å². The van der Waals surface area contributed by atoms with E-state index in [2.05, 4.69) is 5.32 Å². The number of hydrogen-bond donors (Lipinski definition) is 1. The molecule has 1 unspecified atom stereocenters. The molecule has 1 nitrogen and oxygen atoms in total. The van der Waals surface area contributed by atoms with Gasteiger partial charge in [0.1, 0.15) is 0 Å². The topological polar surface area (TPSA) is 12.0 Å². The van der Waals surface area contributed by atoms with E-state index in [1.807, 2.05) is 0 Å². The average Bonchev–Trinajstić information content (AvgIpc) is 2.32. The number of benzene rings is 1. The summed E-state index contributed by atoms with van der Waals surface area (Å²) in [4.78, 5) is 0. The summed E-state index contributed by atoms with van der Waals surface area (Å²) in [6, 6.07) is 6.75. The largest absolute Gasteiger partial charge is 0.401 e. The van der Waals surface area contributed by atoms with Crippen molar-refractivity contribution in [3.63, 3.8) is 0 Å². The summed E-state index contributed by atoms with van der Waals surface area (Å²) in [6.45, 7) is 0. The zero-order valence-electron chi connectivity index (χ0n) is 10.7. The van der Waals surface area contributed by atoms with Gasteiger partial charge in [0.15, 0.2) is 5.92 Å². The molecular weight excluding hydrogens is 284 g/mol. The summed E-state index contributed by atoms with van der Waals surface area (Å²) < 4.78 is 75.7. The molecule has 1 aromatic carbocycles. The highest BCUT2D eigenvalue weighted by Gasteiger charge is 2.59. The van der Waals surface area contributed by atoms with Crippen LogP contribution in [0.5, 0.6) is 0 Å². The van der Waals surface area contributed by atoms with Crippen LogP contribution >= 0.6 is 0 Å². The number of halogens is 6. The lowest BCUT2D eigenvalue weighted by molar-refractivity contribution is -0.291. The Labute approximate surface area is 113 Å². The van der Waals surface area contributed by atoms with E-state index in [-0.39, 0.29) is 12.8 Å². The first-order valence-corrected chi connectivity index (χ1v) is 6.01. The van der Waals surface area contributed by atoms with Gasteiger partial charge in [-0.2, -0.15) is 26.3 Å². The van der Waals surface area contributed by atoms with Crippen LogP contribution < -0.4 is 5.32 Å². The second kappa shape index (κ2) is 6.47. The third-order valence-corrected chi connectivity index (χ3v) is 3.07. The summed E-state index contributed by atoms with van der Waals surface area (Å²) in [5.41, 5.74) is 0.704. The zero-order valence-corrected chi connectivity index (χ0v) is 10.7. The van der Waals surface area contributed by atoms with E-state index >= 15 is 0 Å². The van der Waals surface area contributed by atoms with Gasteiger partial charge in [0.05, 0.1) is 0 Å². The molecule has 1 N–H and O–H groups in total. The summed E-state index contributed by atoms with van der Waals surface area (Å²) >= 11 is 0. The highest BCUT2D eigenvalue weighted by atomic mass is 19.4. The first-order chi connectivity index (χ1) is 9.16. The van der Waals surface area contributed by atoms with Gasteiger partial charge in [0.2, 0.25) is 0 Å². The fourth-order valence-electron chi connectivity index (χ4n) is 2.09. The molecule has 0 spiro atoms. The van der Waals surface area contributed by atoms with Gasteiger partial charge in [-0.05, 0) is 25.5 Å². The van der Waals surface area contributed by atoms with Crippen molar-refractivity contribution in [3.05, 3.63) is 35.9 Å². The number of nitrogens with one attached hydrogen (secondary N) is 1.